The van der Waals surface area contributed by atoms with Gasteiger partial charge >= 0.3 is 6.03 Å². The monoisotopic (exact) mass is 287 g/mol. The summed E-state index contributed by atoms with van der Waals surface area (Å²) in [6, 6.07) is 7.88. The molecule has 4 N–H and O–H groups in total. The Labute approximate surface area is 124 Å². The molecule has 0 saturated heterocycles. The first kappa shape index (κ1) is 15.1. The number of urea groups is 1. The largest absolute Gasteiger partial charge is 0.349 e. The van der Waals surface area contributed by atoms with Crippen molar-refractivity contribution in [2.45, 2.75) is 19.4 Å². The molecule has 2 aromatic rings. The van der Waals surface area contributed by atoms with Crippen molar-refractivity contribution in [3.8, 4) is 0 Å². The minimum absolute atomic E-state index is 0.212. The summed E-state index contributed by atoms with van der Waals surface area (Å²) in [4.78, 5) is 18.8. The molecule has 0 radical (unpaired) electrons. The smallest absolute Gasteiger partial charge is 0.319 e. The summed E-state index contributed by atoms with van der Waals surface area (Å²) in [6.07, 6.45) is 4.14. The van der Waals surface area contributed by atoms with Crippen LogP contribution in [-0.4, -0.2) is 29.6 Å². The number of aromatic amines is 1. The number of imidazole rings is 1. The van der Waals surface area contributed by atoms with Crippen molar-refractivity contribution < 1.29 is 4.79 Å². The second-order valence-corrected chi connectivity index (χ2v) is 4.80. The van der Waals surface area contributed by atoms with Crippen LogP contribution in [0.2, 0.25) is 0 Å². The lowest BCUT2D eigenvalue weighted by Crippen LogP contribution is -2.30. The summed E-state index contributed by atoms with van der Waals surface area (Å²) in [5.74, 6) is 0.862. The van der Waals surface area contributed by atoms with Crippen molar-refractivity contribution in [2.75, 3.05) is 18.9 Å². The summed E-state index contributed by atoms with van der Waals surface area (Å²) in [7, 11) is 1.92. The molecule has 0 spiro atoms. The summed E-state index contributed by atoms with van der Waals surface area (Å²) >= 11 is 0. The van der Waals surface area contributed by atoms with E-state index in [0.29, 0.717) is 19.0 Å². The van der Waals surface area contributed by atoms with E-state index in [9.17, 15) is 4.79 Å². The lowest BCUT2D eigenvalue weighted by molar-refractivity contribution is 0.252. The Morgan fingerprint density at radius 1 is 1.33 bits per heavy atom. The molecule has 1 heterocycles. The predicted octanol–water partition coefficient (Wildman–Crippen LogP) is 2.05. The zero-order valence-electron chi connectivity index (χ0n) is 12.3. The SMILES string of the molecule is CNC(C)c1ccc(NC(=O)NCCc2ncc[nH]2)cc1. The fourth-order valence-electron chi connectivity index (χ4n) is 1.93. The molecule has 6 nitrogen and oxygen atoms in total. The fraction of sp³-hybridized carbons (Fsp3) is 0.333. The summed E-state index contributed by atoms with van der Waals surface area (Å²) in [6.45, 7) is 2.62. The van der Waals surface area contributed by atoms with Crippen LogP contribution in [0.1, 0.15) is 24.4 Å². The molecule has 2 rings (SSSR count). The van der Waals surface area contributed by atoms with E-state index in [0.717, 1.165) is 11.5 Å². The molecule has 0 aliphatic heterocycles. The van der Waals surface area contributed by atoms with Crippen molar-refractivity contribution >= 4 is 11.7 Å². The van der Waals surface area contributed by atoms with Gasteiger partial charge < -0.3 is 20.9 Å². The van der Waals surface area contributed by atoms with Crippen LogP contribution in [-0.2, 0) is 6.42 Å². The van der Waals surface area contributed by atoms with Gasteiger partial charge in [-0.3, -0.25) is 0 Å². The zero-order chi connectivity index (χ0) is 15.1. The van der Waals surface area contributed by atoms with E-state index in [1.54, 1.807) is 12.4 Å². The molecule has 6 heteroatoms. The topological polar surface area (TPSA) is 81.8 Å². The molecule has 112 valence electrons. The Morgan fingerprint density at radius 3 is 2.71 bits per heavy atom. The van der Waals surface area contributed by atoms with Crippen LogP contribution in [0.25, 0.3) is 0 Å². The maximum atomic E-state index is 11.8. The minimum atomic E-state index is -0.212. The summed E-state index contributed by atoms with van der Waals surface area (Å²) in [5.41, 5.74) is 1.96. The van der Waals surface area contributed by atoms with Crippen LogP contribution >= 0.6 is 0 Å². The molecule has 0 aliphatic rings. The van der Waals surface area contributed by atoms with E-state index in [-0.39, 0.29) is 6.03 Å². The highest BCUT2D eigenvalue weighted by atomic mass is 16.2. The molecular formula is C15H21N5O. The molecule has 0 fully saturated rings. The number of hydrogen-bond acceptors (Lipinski definition) is 3. The Morgan fingerprint density at radius 2 is 2.10 bits per heavy atom. The van der Waals surface area contributed by atoms with Crippen molar-refractivity contribution in [1.29, 1.82) is 0 Å². The molecule has 0 bridgehead atoms. The fourth-order valence-corrected chi connectivity index (χ4v) is 1.93. The van der Waals surface area contributed by atoms with Crippen molar-refractivity contribution in [3.05, 3.63) is 48.0 Å². The van der Waals surface area contributed by atoms with Crippen LogP contribution in [0.3, 0.4) is 0 Å². The van der Waals surface area contributed by atoms with Gasteiger partial charge in [-0.25, -0.2) is 9.78 Å². The average Bonchev–Trinajstić information content (AvgIpc) is 3.00. The lowest BCUT2D eigenvalue weighted by atomic mass is 10.1. The van der Waals surface area contributed by atoms with Gasteiger partial charge in [-0.1, -0.05) is 12.1 Å². The number of nitrogens with zero attached hydrogens (tertiary/aromatic N) is 1. The first-order valence-corrected chi connectivity index (χ1v) is 6.99. The number of carbonyl (C=O) groups is 1. The van der Waals surface area contributed by atoms with Gasteiger partial charge in [0.1, 0.15) is 5.82 Å². The highest BCUT2D eigenvalue weighted by molar-refractivity contribution is 5.89. The Kier molecular flexibility index (Phi) is 5.34. The third-order valence-electron chi connectivity index (χ3n) is 3.30. The quantitative estimate of drug-likeness (QED) is 0.656. The Hall–Kier alpha value is -2.34. The van der Waals surface area contributed by atoms with Crippen LogP contribution in [0.15, 0.2) is 36.7 Å². The Balaban J connectivity index is 1.77. The lowest BCUT2D eigenvalue weighted by Gasteiger charge is -2.12. The van der Waals surface area contributed by atoms with Crippen LogP contribution in [0, 0.1) is 0 Å². The number of aromatic nitrogens is 2. The summed E-state index contributed by atoms with van der Waals surface area (Å²) in [5, 5.41) is 8.77. The number of anilines is 1. The van der Waals surface area contributed by atoms with Crippen molar-refractivity contribution in [2.24, 2.45) is 0 Å². The molecule has 2 amide bonds. The number of nitrogens with one attached hydrogen (secondary N) is 4. The number of benzene rings is 1. The van der Waals surface area contributed by atoms with Crippen LogP contribution in [0.5, 0.6) is 0 Å². The van der Waals surface area contributed by atoms with Crippen LogP contribution < -0.4 is 16.0 Å². The third kappa shape index (κ3) is 4.61. The molecule has 1 unspecified atom stereocenters. The highest BCUT2D eigenvalue weighted by Crippen LogP contribution is 2.15. The number of rotatable bonds is 6. The second-order valence-electron chi connectivity index (χ2n) is 4.80. The van der Waals surface area contributed by atoms with Gasteiger partial charge in [-0.15, -0.1) is 0 Å². The Bertz CT molecular complexity index is 550. The zero-order valence-corrected chi connectivity index (χ0v) is 12.3. The van der Waals surface area contributed by atoms with E-state index in [1.807, 2.05) is 31.3 Å². The molecule has 0 saturated carbocycles. The summed E-state index contributed by atoms with van der Waals surface area (Å²) < 4.78 is 0. The third-order valence-corrected chi connectivity index (χ3v) is 3.30. The minimum Gasteiger partial charge on any atom is -0.349 e. The van der Waals surface area contributed by atoms with E-state index in [2.05, 4.69) is 32.8 Å². The maximum absolute atomic E-state index is 11.8. The number of H-pyrrole nitrogens is 1. The van der Waals surface area contributed by atoms with Gasteiger partial charge in [0.25, 0.3) is 0 Å². The van der Waals surface area contributed by atoms with Crippen molar-refractivity contribution in [1.82, 2.24) is 20.6 Å². The molecule has 1 atom stereocenters. The second kappa shape index (κ2) is 7.44. The van der Waals surface area contributed by atoms with E-state index in [4.69, 9.17) is 0 Å². The number of carbonyl (C=O) groups excluding carboxylic acids is 1. The highest BCUT2D eigenvalue weighted by Gasteiger charge is 2.04. The van der Waals surface area contributed by atoms with E-state index in [1.165, 1.54) is 5.56 Å². The van der Waals surface area contributed by atoms with Gasteiger partial charge in [0, 0.05) is 37.1 Å². The average molecular weight is 287 g/mol. The van der Waals surface area contributed by atoms with Gasteiger partial charge in [-0.05, 0) is 31.7 Å². The molecule has 1 aromatic heterocycles. The standard InChI is InChI=1S/C15H21N5O/c1-11(16-2)12-3-5-13(6-4-12)20-15(21)19-8-7-14-17-9-10-18-14/h3-6,9-11,16H,7-8H2,1-2H3,(H,17,18)(H2,19,20,21). The predicted molar refractivity (Wildman–Crippen MR) is 83.2 cm³/mol. The molecule has 21 heavy (non-hydrogen) atoms. The first-order valence-electron chi connectivity index (χ1n) is 6.99. The number of hydrogen-bond donors (Lipinski definition) is 4. The van der Waals surface area contributed by atoms with Gasteiger partial charge in [0.15, 0.2) is 0 Å². The van der Waals surface area contributed by atoms with Crippen molar-refractivity contribution in [3.63, 3.8) is 0 Å². The maximum Gasteiger partial charge on any atom is 0.319 e. The molecule has 0 aliphatic carbocycles. The normalized spacial score (nSPS) is 11.9. The van der Waals surface area contributed by atoms with E-state index < -0.39 is 0 Å². The van der Waals surface area contributed by atoms with E-state index >= 15 is 0 Å². The molecular weight excluding hydrogens is 266 g/mol. The van der Waals surface area contributed by atoms with Gasteiger partial charge in [0.2, 0.25) is 0 Å². The number of amides is 2. The first-order chi connectivity index (χ1) is 10.2. The van der Waals surface area contributed by atoms with Gasteiger partial charge in [0.05, 0.1) is 0 Å². The van der Waals surface area contributed by atoms with Crippen LogP contribution in [0.4, 0.5) is 10.5 Å². The molecule has 1 aromatic carbocycles. The van der Waals surface area contributed by atoms with Gasteiger partial charge in [-0.2, -0.15) is 0 Å².